The van der Waals surface area contributed by atoms with Gasteiger partial charge in [-0.25, -0.2) is 0 Å². The Hall–Kier alpha value is -0.610. The first-order valence-corrected chi connectivity index (χ1v) is 8.54. The van der Waals surface area contributed by atoms with Crippen molar-refractivity contribution in [3.63, 3.8) is 0 Å². The summed E-state index contributed by atoms with van der Waals surface area (Å²) in [7, 11) is 0. The molecule has 1 aliphatic carbocycles. The van der Waals surface area contributed by atoms with Gasteiger partial charge in [0.05, 0.1) is 0 Å². The largest absolute Gasteiger partial charge is 0.480 e. The summed E-state index contributed by atoms with van der Waals surface area (Å²) in [4.78, 5) is 14.2. The zero-order valence-corrected chi connectivity index (χ0v) is 14.5. The fourth-order valence-corrected chi connectivity index (χ4v) is 2.92. The van der Waals surface area contributed by atoms with Crippen LogP contribution in [0.25, 0.3) is 0 Å². The van der Waals surface area contributed by atoms with Gasteiger partial charge >= 0.3 is 5.97 Å². The molecular weight excluding hydrogens is 264 g/mol. The smallest absolute Gasteiger partial charge is 0.323 e. The van der Waals surface area contributed by atoms with Crippen molar-refractivity contribution in [2.45, 2.75) is 84.3 Å². The molecule has 1 saturated carbocycles. The minimum absolute atomic E-state index is 0.307. The van der Waals surface area contributed by atoms with Gasteiger partial charge in [-0.2, -0.15) is 0 Å². The van der Waals surface area contributed by atoms with Gasteiger partial charge in [0.15, 0.2) is 0 Å². The lowest BCUT2D eigenvalue weighted by molar-refractivity contribution is -0.145. The van der Waals surface area contributed by atoms with Crippen molar-refractivity contribution in [1.82, 2.24) is 10.2 Å². The maximum absolute atomic E-state index is 11.7. The van der Waals surface area contributed by atoms with Gasteiger partial charge in [0.2, 0.25) is 0 Å². The predicted molar refractivity (Wildman–Crippen MR) is 87.6 cm³/mol. The third-order valence-corrected chi connectivity index (χ3v) is 4.49. The van der Waals surface area contributed by atoms with Crippen molar-refractivity contribution >= 4 is 5.97 Å². The summed E-state index contributed by atoms with van der Waals surface area (Å²) in [5, 5.41) is 12.8. The molecule has 0 radical (unpaired) electrons. The Labute approximate surface area is 130 Å². The molecule has 0 aliphatic heterocycles. The van der Waals surface area contributed by atoms with Crippen LogP contribution in [0.15, 0.2) is 0 Å². The zero-order chi connectivity index (χ0) is 16.0. The number of aliphatic carboxylic acids is 1. The molecule has 0 amide bonds. The van der Waals surface area contributed by atoms with Crippen LogP contribution in [0.3, 0.4) is 0 Å². The highest BCUT2D eigenvalue weighted by molar-refractivity contribution is 5.78. The summed E-state index contributed by atoms with van der Waals surface area (Å²) in [6.07, 6.45) is 5.35. The van der Waals surface area contributed by atoms with E-state index in [9.17, 15) is 9.90 Å². The topological polar surface area (TPSA) is 52.6 Å². The van der Waals surface area contributed by atoms with Gasteiger partial charge in [-0.15, -0.1) is 0 Å². The lowest BCUT2D eigenvalue weighted by Gasteiger charge is -2.36. The summed E-state index contributed by atoms with van der Waals surface area (Å²) >= 11 is 0. The van der Waals surface area contributed by atoms with Gasteiger partial charge in [0, 0.05) is 12.1 Å². The number of nitrogens with zero attached hydrogens (tertiary/aromatic N) is 1. The number of carbonyl (C=O) groups is 1. The summed E-state index contributed by atoms with van der Waals surface area (Å²) < 4.78 is 0. The monoisotopic (exact) mass is 298 g/mol. The lowest BCUT2D eigenvalue weighted by atomic mass is 9.92. The number of rotatable bonds is 11. The van der Waals surface area contributed by atoms with E-state index in [2.05, 4.69) is 37.9 Å². The molecule has 0 aromatic heterocycles. The molecule has 1 rings (SSSR count). The highest BCUT2D eigenvalue weighted by Gasteiger charge is 2.39. The Morgan fingerprint density at radius 1 is 1.38 bits per heavy atom. The van der Waals surface area contributed by atoms with E-state index in [1.54, 1.807) is 0 Å². The van der Waals surface area contributed by atoms with E-state index >= 15 is 0 Å². The zero-order valence-electron chi connectivity index (χ0n) is 14.5. The fraction of sp³-hybridized carbons (Fsp3) is 0.941. The van der Waals surface area contributed by atoms with Crippen LogP contribution in [0.4, 0.5) is 0 Å². The molecule has 0 aromatic rings. The van der Waals surface area contributed by atoms with Crippen molar-refractivity contribution in [3.8, 4) is 0 Å². The Morgan fingerprint density at radius 2 is 2.00 bits per heavy atom. The van der Waals surface area contributed by atoms with E-state index in [1.807, 2.05) is 6.92 Å². The normalized spacial score (nSPS) is 19.8. The van der Waals surface area contributed by atoms with Gasteiger partial charge in [0.1, 0.15) is 5.54 Å². The second-order valence-corrected chi connectivity index (χ2v) is 7.27. The molecule has 2 N–H and O–H groups in total. The lowest BCUT2D eigenvalue weighted by Crippen LogP contribution is -2.54. The summed E-state index contributed by atoms with van der Waals surface area (Å²) in [6, 6.07) is 0.990. The maximum Gasteiger partial charge on any atom is 0.323 e. The van der Waals surface area contributed by atoms with E-state index < -0.39 is 11.5 Å². The summed E-state index contributed by atoms with van der Waals surface area (Å²) in [5.41, 5.74) is -0.819. The number of hydrogen-bond acceptors (Lipinski definition) is 3. The van der Waals surface area contributed by atoms with Crippen LogP contribution in [-0.2, 0) is 4.79 Å². The first kappa shape index (κ1) is 18.4. The third kappa shape index (κ3) is 5.95. The van der Waals surface area contributed by atoms with E-state index in [0.29, 0.717) is 24.4 Å². The first-order chi connectivity index (χ1) is 9.80. The number of carboxylic acid groups (broad SMARTS) is 1. The van der Waals surface area contributed by atoms with Crippen molar-refractivity contribution in [2.75, 3.05) is 13.1 Å². The third-order valence-electron chi connectivity index (χ3n) is 4.49. The van der Waals surface area contributed by atoms with Crippen LogP contribution in [0.1, 0.15) is 66.7 Å². The number of hydrogen-bond donors (Lipinski definition) is 2. The molecule has 124 valence electrons. The Kier molecular flexibility index (Phi) is 7.14. The van der Waals surface area contributed by atoms with Gasteiger partial charge < -0.3 is 10.4 Å². The average molecular weight is 298 g/mol. The second-order valence-electron chi connectivity index (χ2n) is 7.27. The van der Waals surface area contributed by atoms with Gasteiger partial charge in [0.25, 0.3) is 0 Å². The first-order valence-electron chi connectivity index (χ1n) is 8.54. The van der Waals surface area contributed by atoms with Crippen LogP contribution in [0, 0.1) is 5.92 Å². The maximum atomic E-state index is 11.7. The van der Waals surface area contributed by atoms with Crippen molar-refractivity contribution in [2.24, 2.45) is 5.92 Å². The van der Waals surface area contributed by atoms with E-state index in [4.69, 9.17) is 0 Å². The van der Waals surface area contributed by atoms with E-state index in [-0.39, 0.29) is 0 Å². The molecule has 0 heterocycles. The molecule has 21 heavy (non-hydrogen) atoms. The predicted octanol–water partition coefficient (Wildman–Crippen LogP) is 3.12. The molecular formula is C17H34N2O2. The number of carboxylic acids is 1. The Morgan fingerprint density at radius 3 is 2.43 bits per heavy atom. The Bertz CT molecular complexity index is 329. The fourth-order valence-electron chi connectivity index (χ4n) is 2.92. The van der Waals surface area contributed by atoms with Crippen LogP contribution < -0.4 is 5.32 Å². The molecule has 0 spiro atoms. The molecule has 0 aromatic carbocycles. The SMILES string of the molecule is CCCNC(C)(CC(C)N(CCC(C)C)C1CC1)C(=O)O. The van der Waals surface area contributed by atoms with E-state index in [0.717, 1.165) is 19.5 Å². The van der Waals surface area contributed by atoms with Gasteiger partial charge in [-0.1, -0.05) is 20.8 Å². The highest BCUT2D eigenvalue weighted by atomic mass is 16.4. The minimum Gasteiger partial charge on any atom is -0.480 e. The van der Waals surface area contributed by atoms with Gasteiger partial charge in [-0.3, -0.25) is 9.69 Å². The Balaban J connectivity index is 2.64. The molecule has 0 saturated heterocycles. The highest BCUT2D eigenvalue weighted by Crippen LogP contribution is 2.31. The van der Waals surface area contributed by atoms with Crippen molar-refractivity contribution in [3.05, 3.63) is 0 Å². The molecule has 1 fully saturated rings. The van der Waals surface area contributed by atoms with Crippen LogP contribution in [-0.4, -0.2) is 46.7 Å². The van der Waals surface area contributed by atoms with Crippen molar-refractivity contribution < 1.29 is 9.90 Å². The standard InChI is InChI=1S/C17H34N2O2/c1-6-10-18-17(5,16(20)21)12-14(4)19(15-7-8-15)11-9-13(2)3/h13-15,18H,6-12H2,1-5H3,(H,20,21). The molecule has 1 aliphatic rings. The second kappa shape index (κ2) is 8.14. The summed E-state index contributed by atoms with van der Waals surface area (Å²) in [5.74, 6) is -0.0371. The molecule has 0 bridgehead atoms. The van der Waals surface area contributed by atoms with E-state index in [1.165, 1.54) is 19.3 Å². The minimum atomic E-state index is -0.819. The molecule has 2 unspecified atom stereocenters. The van der Waals surface area contributed by atoms with Gasteiger partial charge in [-0.05, 0) is 65.0 Å². The molecule has 4 nitrogen and oxygen atoms in total. The quantitative estimate of drug-likeness (QED) is 0.615. The average Bonchev–Trinajstić information content (AvgIpc) is 3.20. The summed E-state index contributed by atoms with van der Waals surface area (Å²) in [6.45, 7) is 12.4. The number of nitrogens with one attached hydrogen (secondary N) is 1. The molecule has 4 heteroatoms. The molecule has 2 atom stereocenters. The van der Waals surface area contributed by atoms with Crippen LogP contribution in [0.2, 0.25) is 0 Å². The van der Waals surface area contributed by atoms with Crippen molar-refractivity contribution in [1.29, 1.82) is 0 Å². The van der Waals surface area contributed by atoms with Crippen LogP contribution >= 0.6 is 0 Å². The van der Waals surface area contributed by atoms with Crippen LogP contribution in [0.5, 0.6) is 0 Å².